The minimum atomic E-state index is -0.0258. The molecule has 1 atom stereocenters. The monoisotopic (exact) mass is 409 g/mol. The Hall–Kier alpha value is -2.74. The van der Waals surface area contributed by atoms with Crippen molar-refractivity contribution in [1.82, 2.24) is 4.98 Å². The van der Waals surface area contributed by atoms with Crippen LogP contribution in [0.3, 0.4) is 0 Å². The number of benzene rings is 2. The van der Waals surface area contributed by atoms with Gasteiger partial charge in [-0.05, 0) is 35.9 Å². The van der Waals surface area contributed by atoms with E-state index >= 15 is 0 Å². The third-order valence-electron chi connectivity index (χ3n) is 4.79. The van der Waals surface area contributed by atoms with Crippen LogP contribution in [0.15, 0.2) is 60.8 Å². The van der Waals surface area contributed by atoms with Crippen LogP contribution >= 0.6 is 23.2 Å². The lowest BCUT2D eigenvalue weighted by atomic mass is 10.0. The van der Waals surface area contributed by atoms with Crippen LogP contribution in [0.1, 0.15) is 12.0 Å². The Balaban J connectivity index is 1.54. The number of ether oxygens (including phenoxy) is 1. The van der Waals surface area contributed by atoms with E-state index in [1.807, 2.05) is 42.5 Å². The lowest BCUT2D eigenvalue weighted by molar-refractivity contribution is 0.216. The number of hydrogen-bond donors (Lipinski definition) is 0. The smallest absolute Gasteiger partial charge is 0.232 e. The minimum absolute atomic E-state index is 0.0258. The zero-order valence-corrected chi connectivity index (χ0v) is 16.5. The van der Waals surface area contributed by atoms with Crippen LogP contribution in [0.4, 0.5) is 5.69 Å². The minimum Gasteiger partial charge on any atom is -0.471 e. The lowest BCUT2D eigenvalue weighted by Gasteiger charge is -2.21. The number of nitrogens with zero attached hydrogens (tertiary/aromatic N) is 3. The quantitative estimate of drug-likeness (QED) is 0.563. The fourth-order valence-electron chi connectivity index (χ4n) is 3.42. The largest absolute Gasteiger partial charge is 0.471 e. The summed E-state index contributed by atoms with van der Waals surface area (Å²) >= 11 is 12.4. The Kier molecular flexibility index (Phi) is 5.38. The molecule has 0 unspecified atom stereocenters. The first kappa shape index (κ1) is 18.6. The van der Waals surface area contributed by atoms with Crippen molar-refractivity contribution >= 4 is 28.9 Å². The second kappa shape index (κ2) is 8.10. The lowest BCUT2D eigenvalue weighted by Crippen LogP contribution is -2.25. The second-order valence-corrected chi connectivity index (χ2v) is 7.40. The summed E-state index contributed by atoms with van der Waals surface area (Å²) in [6.45, 7) is 1.47. The standard InChI is InChI=1S/C22H17Cl2N3O/c23-19-5-2-1-4-18(19)15-7-8-21(16(12-15)13-25)27-11-9-17(14-27)28-22-20(24)6-3-10-26-22/h1-8,10,12,17H,9,11,14H2/t17-/m0/s1. The highest BCUT2D eigenvalue weighted by atomic mass is 35.5. The average Bonchev–Trinajstić information content (AvgIpc) is 3.18. The van der Waals surface area contributed by atoms with Gasteiger partial charge >= 0.3 is 0 Å². The summed E-state index contributed by atoms with van der Waals surface area (Å²) in [5, 5.41) is 10.9. The molecule has 0 N–H and O–H groups in total. The molecule has 0 radical (unpaired) electrons. The Bertz CT molecular complexity index is 1050. The summed E-state index contributed by atoms with van der Waals surface area (Å²) in [6.07, 6.45) is 2.47. The van der Waals surface area contributed by atoms with Crippen molar-refractivity contribution < 1.29 is 4.74 Å². The molecule has 1 aliphatic heterocycles. The predicted molar refractivity (Wildman–Crippen MR) is 112 cm³/mol. The molecule has 1 fully saturated rings. The third-order valence-corrected chi connectivity index (χ3v) is 5.41. The van der Waals surface area contributed by atoms with Crippen molar-refractivity contribution in [3.63, 3.8) is 0 Å². The van der Waals surface area contributed by atoms with Crippen LogP contribution in [-0.4, -0.2) is 24.2 Å². The molecule has 3 aromatic rings. The Morgan fingerprint density at radius 2 is 1.89 bits per heavy atom. The van der Waals surface area contributed by atoms with E-state index in [9.17, 15) is 5.26 Å². The Labute approximate surface area is 173 Å². The van der Waals surface area contributed by atoms with Crippen LogP contribution in [0, 0.1) is 11.3 Å². The van der Waals surface area contributed by atoms with Crippen molar-refractivity contribution in [2.45, 2.75) is 12.5 Å². The number of anilines is 1. The highest BCUT2D eigenvalue weighted by Crippen LogP contribution is 2.33. The van der Waals surface area contributed by atoms with Gasteiger partial charge in [-0.3, -0.25) is 0 Å². The predicted octanol–water partition coefficient (Wildman–Crippen LogP) is 5.58. The summed E-state index contributed by atoms with van der Waals surface area (Å²) in [6, 6.07) is 19.4. The van der Waals surface area contributed by atoms with Gasteiger partial charge in [0, 0.05) is 29.7 Å². The Morgan fingerprint density at radius 3 is 2.68 bits per heavy atom. The highest BCUT2D eigenvalue weighted by molar-refractivity contribution is 6.33. The maximum absolute atomic E-state index is 9.69. The summed E-state index contributed by atoms with van der Waals surface area (Å²) in [4.78, 5) is 6.35. The molecule has 140 valence electrons. The van der Waals surface area contributed by atoms with E-state index in [1.54, 1.807) is 18.3 Å². The molecule has 28 heavy (non-hydrogen) atoms. The number of rotatable bonds is 4. The fraction of sp³-hybridized carbons (Fsp3) is 0.182. The molecular weight excluding hydrogens is 393 g/mol. The van der Waals surface area contributed by atoms with E-state index in [1.165, 1.54) is 0 Å². The van der Waals surface area contributed by atoms with Crippen LogP contribution in [0.25, 0.3) is 11.1 Å². The van der Waals surface area contributed by atoms with Crippen molar-refractivity contribution in [2.24, 2.45) is 0 Å². The molecule has 0 amide bonds. The fourth-order valence-corrected chi connectivity index (χ4v) is 3.83. The molecule has 0 aliphatic carbocycles. The van der Waals surface area contributed by atoms with Gasteiger partial charge in [0.1, 0.15) is 17.2 Å². The highest BCUT2D eigenvalue weighted by Gasteiger charge is 2.27. The van der Waals surface area contributed by atoms with E-state index in [-0.39, 0.29) is 6.10 Å². The van der Waals surface area contributed by atoms with E-state index < -0.39 is 0 Å². The van der Waals surface area contributed by atoms with Crippen molar-refractivity contribution in [1.29, 1.82) is 5.26 Å². The molecule has 4 nitrogen and oxygen atoms in total. The molecule has 2 heterocycles. The molecule has 1 aromatic heterocycles. The molecule has 2 aromatic carbocycles. The maximum Gasteiger partial charge on any atom is 0.232 e. The summed E-state index contributed by atoms with van der Waals surface area (Å²) in [5.74, 6) is 0.450. The van der Waals surface area contributed by atoms with Gasteiger partial charge in [-0.25, -0.2) is 4.98 Å². The van der Waals surface area contributed by atoms with E-state index in [0.29, 0.717) is 28.0 Å². The normalized spacial score (nSPS) is 16.0. The van der Waals surface area contributed by atoms with Crippen molar-refractivity contribution in [2.75, 3.05) is 18.0 Å². The maximum atomic E-state index is 9.69. The molecular formula is C22H17Cl2N3O. The summed E-state index contributed by atoms with van der Waals surface area (Å²) in [7, 11) is 0. The third kappa shape index (κ3) is 3.77. The zero-order valence-electron chi connectivity index (χ0n) is 15.0. The van der Waals surface area contributed by atoms with E-state index in [0.717, 1.165) is 29.8 Å². The van der Waals surface area contributed by atoms with Crippen LogP contribution in [0.2, 0.25) is 10.0 Å². The molecule has 4 rings (SSSR count). The SMILES string of the molecule is N#Cc1cc(-c2ccccc2Cl)ccc1N1CC[C@H](Oc2ncccc2Cl)C1. The first-order chi connectivity index (χ1) is 13.7. The molecule has 0 bridgehead atoms. The van der Waals surface area contributed by atoms with Gasteiger partial charge in [0.15, 0.2) is 0 Å². The first-order valence-electron chi connectivity index (χ1n) is 8.97. The molecule has 0 saturated carbocycles. The van der Waals surface area contributed by atoms with Gasteiger partial charge in [-0.15, -0.1) is 0 Å². The zero-order chi connectivity index (χ0) is 19.5. The number of hydrogen-bond acceptors (Lipinski definition) is 4. The van der Waals surface area contributed by atoms with Crippen LogP contribution < -0.4 is 9.64 Å². The summed E-state index contributed by atoms with van der Waals surface area (Å²) < 4.78 is 5.96. The first-order valence-corrected chi connectivity index (χ1v) is 9.72. The van der Waals surface area contributed by atoms with Crippen LogP contribution in [0.5, 0.6) is 5.88 Å². The van der Waals surface area contributed by atoms with E-state index in [2.05, 4.69) is 16.0 Å². The van der Waals surface area contributed by atoms with Gasteiger partial charge < -0.3 is 9.64 Å². The van der Waals surface area contributed by atoms with Crippen LogP contribution in [-0.2, 0) is 0 Å². The average molecular weight is 410 g/mol. The van der Waals surface area contributed by atoms with Gasteiger partial charge in [-0.2, -0.15) is 5.26 Å². The van der Waals surface area contributed by atoms with Crippen molar-refractivity contribution in [3.05, 3.63) is 76.4 Å². The second-order valence-electron chi connectivity index (χ2n) is 6.59. The Morgan fingerprint density at radius 1 is 1.07 bits per heavy atom. The van der Waals surface area contributed by atoms with Gasteiger partial charge in [-0.1, -0.05) is 47.5 Å². The molecule has 1 aliphatic rings. The molecule has 0 spiro atoms. The van der Waals surface area contributed by atoms with Gasteiger partial charge in [0.2, 0.25) is 5.88 Å². The summed E-state index contributed by atoms with van der Waals surface area (Å²) in [5.41, 5.74) is 3.36. The molecule has 1 saturated heterocycles. The number of nitriles is 1. The number of halogens is 2. The topological polar surface area (TPSA) is 49.2 Å². The van der Waals surface area contributed by atoms with Gasteiger partial charge in [0.05, 0.1) is 17.8 Å². The van der Waals surface area contributed by atoms with Gasteiger partial charge in [0.25, 0.3) is 0 Å². The molecule has 6 heteroatoms. The van der Waals surface area contributed by atoms with E-state index in [4.69, 9.17) is 27.9 Å². The number of pyridine rings is 1. The van der Waals surface area contributed by atoms with Crippen molar-refractivity contribution in [3.8, 4) is 23.1 Å². The number of aromatic nitrogens is 1.